The highest BCUT2D eigenvalue weighted by molar-refractivity contribution is 6.21. The summed E-state index contributed by atoms with van der Waals surface area (Å²) in [6.45, 7) is 1.79. The first-order valence-corrected chi connectivity index (χ1v) is 10.4. The Bertz CT molecular complexity index is 1600. The van der Waals surface area contributed by atoms with Crippen molar-refractivity contribution in [1.29, 1.82) is 0 Å². The highest BCUT2D eigenvalue weighted by Crippen LogP contribution is 2.42. The second-order valence-corrected chi connectivity index (χ2v) is 8.16. The zero-order valence-electron chi connectivity index (χ0n) is 17.0. The van der Waals surface area contributed by atoms with Gasteiger partial charge in [-0.15, -0.1) is 0 Å². The largest absolute Gasteiger partial charge is 0.477 e. The zero-order valence-corrected chi connectivity index (χ0v) is 17.0. The summed E-state index contributed by atoms with van der Waals surface area (Å²) in [4.78, 5) is 46.9. The number of rotatable bonds is 3. The number of carbonyl (C=O) groups excluding carboxylic acids is 1. The number of fused-ring (bicyclic) bond motifs is 6. The van der Waals surface area contributed by atoms with Crippen molar-refractivity contribution in [3.05, 3.63) is 68.9 Å². The van der Waals surface area contributed by atoms with Gasteiger partial charge in [0.2, 0.25) is 11.2 Å². The Kier molecular flexibility index (Phi) is 3.69. The zero-order chi connectivity index (χ0) is 22.3. The number of carboxylic acid groups (broad SMARTS) is 1. The summed E-state index contributed by atoms with van der Waals surface area (Å²) in [6.07, 6.45) is 1.97. The van der Waals surface area contributed by atoms with Crippen LogP contribution in [-0.2, 0) is 6.42 Å². The van der Waals surface area contributed by atoms with E-state index in [1.165, 1.54) is 0 Å². The molecule has 2 aromatic heterocycles. The van der Waals surface area contributed by atoms with Gasteiger partial charge in [-0.05, 0) is 25.3 Å². The Labute approximate surface area is 180 Å². The lowest BCUT2D eigenvalue weighted by Crippen LogP contribution is -2.24. The number of ketones is 1. The van der Waals surface area contributed by atoms with Crippen LogP contribution < -0.4 is 5.43 Å². The second kappa shape index (κ2) is 6.29. The molecule has 0 spiro atoms. The molecule has 0 saturated heterocycles. The third-order valence-corrected chi connectivity index (χ3v) is 6.27. The Morgan fingerprint density at radius 1 is 1.12 bits per heavy atom. The van der Waals surface area contributed by atoms with E-state index in [1.807, 2.05) is 4.57 Å². The molecule has 1 saturated carbocycles. The van der Waals surface area contributed by atoms with E-state index in [2.05, 4.69) is 9.97 Å². The molecular weight excluding hydrogens is 413 g/mol. The molecule has 7 nitrogen and oxygen atoms in total. The smallest absolute Gasteiger partial charge is 0.341 e. The van der Waals surface area contributed by atoms with Gasteiger partial charge >= 0.3 is 5.97 Å². The van der Waals surface area contributed by atoms with Gasteiger partial charge in [0.05, 0.1) is 10.9 Å². The lowest BCUT2D eigenvalue weighted by atomic mass is 10.0. The van der Waals surface area contributed by atoms with Crippen molar-refractivity contribution in [3.63, 3.8) is 0 Å². The maximum absolute atomic E-state index is 15.2. The number of carboxylic acids is 1. The van der Waals surface area contributed by atoms with E-state index < -0.39 is 17.2 Å². The monoisotopic (exact) mass is 429 g/mol. The number of nitrogens with zero attached hydrogens (tertiary/aromatic N) is 3. The summed E-state index contributed by atoms with van der Waals surface area (Å²) in [5, 5.41) is 9.70. The Morgan fingerprint density at radius 3 is 2.47 bits per heavy atom. The molecule has 6 rings (SSSR count). The van der Waals surface area contributed by atoms with E-state index >= 15 is 4.39 Å². The normalized spacial score (nSPS) is 14.8. The molecule has 0 atom stereocenters. The van der Waals surface area contributed by atoms with Crippen LogP contribution in [0.3, 0.4) is 0 Å². The molecule has 2 heterocycles. The predicted octanol–water partition coefficient (Wildman–Crippen LogP) is 3.89. The number of pyridine rings is 1. The van der Waals surface area contributed by atoms with Gasteiger partial charge in [0.25, 0.3) is 0 Å². The van der Waals surface area contributed by atoms with Crippen LogP contribution in [0.2, 0.25) is 0 Å². The third-order valence-electron chi connectivity index (χ3n) is 6.27. The van der Waals surface area contributed by atoms with Gasteiger partial charge in [-0.3, -0.25) is 9.59 Å². The SMILES string of the molecule is CCc1c(C(=O)O)c(=O)c2cc(F)c3nc4c(nc3c2n1C1CC1)-c1ccccc1C4=O. The average molecular weight is 429 g/mol. The fourth-order valence-electron chi connectivity index (χ4n) is 4.76. The van der Waals surface area contributed by atoms with Crippen molar-refractivity contribution in [2.45, 2.75) is 32.2 Å². The fourth-order valence-corrected chi connectivity index (χ4v) is 4.76. The molecule has 2 aromatic carbocycles. The molecule has 32 heavy (non-hydrogen) atoms. The topological polar surface area (TPSA) is 102 Å². The summed E-state index contributed by atoms with van der Waals surface area (Å²) in [5.41, 5.74) is 1.25. The van der Waals surface area contributed by atoms with Crippen LogP contribution in [0.25, 0.3) is 33.2 Å². The maximum atomic E-state index is 15.2. The van der Waals surface area contributed by atoms with Crippen molar-refractivity contribution in [2.75, 3.05) is 0 Å². The molecule has 2 aliphatic rings. The summed E-state index contributed by atoms with van der Waals surface area (Å²) < 4.78 is 17.0. The molecule has 1 fully saturated rings. The van der Waals surface area contributed by atoms with E-state index in [-0.39, 0.29) is 39.5 Å². The van der Waals surface area contributed by atoms with Crippen molar-refractivity contribution in [2.24, 2.45) is 0 Å². The number of halogens is 1. The van der Waals surface area contributed by atoms with Crippen molar-refractivity contribution in [3.8, 4) is 11.3 Å². The van der Waals surface area contributed by atoms with Gasteiger partial charge in [0.1, 0.15) is 28.0 Å². The van der Waals surface area contributed by atoms with E-state index in [0.717, 1.165) is 18.9 Å². The van der Waals surface area contributed by atoms with Crippen molar-refractivity contribution < 1.29 is 19.1 Å². The van der Waals surface area contributed by atoms with Gasteiger partial charge in [0.15, 0.2) is 5.82 Å². The van der Waals surface area contributed by atoms with Crippen LogP contribution in [0.1, 0.15) is 57.9 Å². The van der Waals surface area contributed by atoms with Crippen LogP contribution in [0.5, 0.6) is 0 Å². The highest BCUT2D eigenvalue weighted by atomic mass is 19.1. The minimum absolute atomic E-state index is 0.00350. The molecule has 0 unspecified atom stereocenters. The number of hydrogen-bond donors (Lipinski definition) is 1. The summed E-state index contributed by atoms with van der Waals surface area (Å²) in [6, 6.07) is 7.99. The van der Waals surface area contributed by atoms with Gasteiger partial charge in [-0.1, -0.05) is 31.2 Å². The number of hydrogen-bond acceptors (Lipinski definition) is 5. The molecule has 158 valence electrons. The fraction of sp³-hybridized carbons (Fsp3) is 0.208. The quantitative estimate of drug-likeness (QED) is 0.437. The Morgan fingerprint density at radius 2 is 1.81 bits per heavy atom. The Balaban J connectivity index is 1.84. The third kappa shape index (κ3) is 2.32. The number of aromatic carboxylic acids is 1. The molecule has 0 aliphatic heterocycles. The summed E-state index contributed by atoms with van der Waals surface area (Å²) in [7, 11) is 0. The molecule has 0 amide bonds. The summed E-state index contributed by atoms with van der Waals surface area (Å²) >= 11 is 0. The van der Waals surface area contributed by atoms with Crippen molar-refractivity contribution >= 4 is 33.7 Å². The Hall–Kier alpha value is -3.94. The number of benzene rings is 2. The van der Waals surface area contributed by atoms with Gasteiger partial charge in [0, 0.05) is 22.9 Å². The van der Waals surface area contributed by atoms with E-state index in [4.69, 9.17) is 0 Å². The van der Waals surface area contributed by atoms with Gasteiger partial charge < -0.3 is 9.67 Å². The molecule has 0 bridgehead atoms. The standard InChI is InChI=1S/C24H16FN3O4/c1-2-15-16(24(31)32)22(29)13-9-14(25)18-19(21(13)28(15)10-7-8-10)26-17-11-5-3-4-6-12(11)23(30)20(17)27-18/h3-6,9-10H,2,7-8H2,1H3,(H,31,32). The molecule has 2 aliphatic carbocycles. The van der Waals surface area contributed by atoms with Crippen LogP contribution in [0.4, 0.5) is 4.39 Å². The second-order valence-electron chi connectivity index (χ2n) is 8.16. The lowest BCUT2D eigenvalue weighted by molar-refractivity contribution is 0.0693. The average Bonchev–Trinajstić information content (AvgIpc) is 3.59. The first-order chi connectivity index (χ1) is 15.4. The van der Waals surface area contributed by atoms with Crippen LogP contribution in [-0.4, -0.2) is 31.4 Å². The summed E-state index contributed by atoms with van der Waals surface area (Å²) in [5.74, 6) is -2.46. The van der Waals surface area contributed by atoms with Crippen LogP contribution in [0, 0.1) is 5.82 Å². The number of carbonyl (C=O) groups is 2. The molecule has 8 heteroatoms. The molecule has 1 N–H and O–H groups in total. The van der Waals surface area contributed by atoms with Crippen LogP contribution >= 0.6 is 0 Å². The van der Waals surface area contributed by atoms with Gasteiger partial charge in [-0.25, -0.2) is 19.2 Å². The number of aromatic nitrogens is 3. The molecular formula is C24H16FN3O4. The van der Waals surface area contributed by atoms with Crippen molar-refractivity contribution in [1.82, 2.24) is 14.5 Å². The molecule has 0 radical (unpaired) electrons. The van der Waals surface area contributed by atoms with E-state index in [0.29, 0.717) is 34.5 Å². The maximum Gasteiger partial charge on any atom is 0.341 e. The highest BCUT2D eigenvalue weighted by Gasteiger charge is 2.34. The predicted molar refractivity (Wildman–Crippen MR) is 115 cm³/mol. The van der Waals surface area contributed by atoms with E-state index in [9.17, 15) is 19.5 Å². The molecule has 4 aromatic rings. The first-order valence-electron chi connectivity index (χ1n) is 10.4. The minimum atomic E-state index is -1.33. The van der Waals surface area contributed by atoms with Crippen LogP contribution in [0.15, 0.2) is 35.1 Å². The minimum Gasteiger partial charge on any atom is -0.477 e. The first kappa shape index (κ1) is 18.8. The van der Waals surface area contributed by atoms with E-state index in [1.54, 1.807) is 31.2 Å². The lowest BCUT2D eigenvalue weighted by Gasteiger charge is -2.19. The van der Waals surface area contributed by atoms with Gasteiger partial charge in [-0.2, -0.15) is 0 Å².